The van der Waals surface area contributed by atoms with Gasteiger partial charge in [-0.1, -0.05) is 97.1 Å². The van der Waals surface area contributed by atoms with Gasteiger partial charge >= 0.3 is 5.97 Å². The zero-order chi connectivity index (χ0) is 30.6. The lowest BCUT2D eigenvalue weighted by Gasteiger charge is -2.35. The molecule has 1 saturated carbocycles. The number of hydrogen-bond acceptors (Lipinski definition) is 7. The predicted molar refractivity (Wildman–Crippen MR) is 169 cm³/mol. The number of carbonyl (C=O) groups excluding carboxylic acids is 3. The largest absolute Gasteiger partial charge is 0.457 e. The molecule has 1 aliphatic carbocycles. The quantitative estimate of drug-likeness (QED) is 0.127. The molecule has 7 nitrogen and oxygen atoms in total. The minimum absolute atomic E-state index is 0.0859. The molecular weight excluding hydrogens is 554 g/mol. The second-order valence-electron chi connectivity index (χ2n) is 11.4. The number of morpholine rings is 1. The summed E-state index contributed by atoms with van der Waals surface area (Å²) in [5.41, 5.74) is 3.96. The van der Waals surface area contributed by atoms with E-state index in [-0.39, 0.29) is 42.7 Å². The van der Waals surface area contributed by atoms with Crippen LogP contribution in [0.3, 0.4) is 0 Å². The third-order valence-electron chi connectivity index (χ3n) is 8.39. The zero-order valence-electron chi connectivity index (χ0n) is 25.1. The van der Waals surface area contributed by atoms with E-state index in [2.05, 4.69) is 47.4 Å². The Balaban J connectivity index is 1.11. The number of ether oxygens (including phenoxy) is 3. The minimum atomic E-state index is -0.391. The molecule has 2 aliphatic rings. The molecule has 0 bridgehead atoms. The van der Waals surface area contributed by atoms with Gasteiger partial charge in [0, 0.05) is 37.4 Å². The van der Waals surface area contributed by atoms with Crippen LogP contribution in [-0.2, 0) is 30.4 Å². The van der Waals surface area contributed by atoms with Gasteiger partial charge in [0.05, 0.1) is 32.0 Å². The van der Waals surface area contributed by atoms with Crippen molar-refractivity contribution < 1.29 is 28.6 Å². The Hall–Kier alpha value is -3.91. The number of benzene rings is 3. The van der Waals surface area contributed by atoms with E-state index in [0.29, 0.717) is 38.2 Å². The maximum Gasteiger partial charge on any atom is 0.306 e. The molecule has 1 saturated heterocycles. The van der Waals surface area contributed by atoms with Crippen molar-refractivity contribution in [1.82, 2.24) is 4.90 Å². The third kappa shape index (κ3) is 8.82. The summed E-state index contributed by atoms with van der Waals surface area (Å²) in [5.74, 6) is -0.268. The Bertz CT molecular complexity index is 1380. The van der Waals surface area contributed by atoms with Crippen LogP contribution in [0.2, 0.25) is 0 Å². The summed E-state index contributed by atoms with van der Waals surface area (Å²) in [4.78, 5) is 39.8. The molecule has 2 fully saturated rings. The van der Waals surface area contributed by atoms with E-state index in [1.165, 1.54) is 5.56 Å². The zero-order valence-corrected chi connectivity index (χ0v) is 25.1. The number of nitrogens with zero attached hydrogens (tertiary/aromatic N) is 1. The molecule has 0 spiro atoms. The molecule has 44 heavy (non-hydrogen) atoms. The van der Waals surface area contributed by atoms with Crippen LogP contribution < -0.4 is 0 Å². The monoisotopic (exact) mass is 595 g/mol. The third-order valence-corrected chi connectivity index (χ3v) is 8.39. The molecule has 7 heteroatoms. The summed E-state index contributed by atoms with van der Waals surface area (Å²) < 4.78 is 17.1. The van der Waals surface area contributed by atoms with Crippen LogP contribution in [0.15, 0.2) is 97.1 Å². The number of ketones is 2. The highest BCUT2D eigenvalue weighted by molar-refractivity contribution is 5.97. The van der Waals surface area contributed by atoms with Crippen molar-refractivity contribution in [1.29, 1.82) is 0 Å². The normalized spacial score (nSPS) is 20.6. The first-order chi connectivity index (χ1) is 21.6. The van der Waals surface area contributed by atoms with E-state index >= 15 is 0 Å². The first-order valence-electron chi connectivity index (χ1n) is 15.6. The number of allylic oxidation sites excluding steroid dienone is 2. The van der Waals surface area contributed by atoms with Crippen LogP contribution >= 0.6 is 0 Å². The predicted octanol–water partition coefficient (Wildman–Crippen LogP) is 6.07. The van der Waals surface area contributed by atoms with Gasteiger partial charge in [-0.15, -0.1) is 0 Å². The van der Waals surface area contributed by atoms with Crippen molar-refractivity contribution in [3.8, 4) is 11.1 Å². The molecule has 0 amide bonds. The van der Waals surface area contributed by atoms with E-state index in [9.17, 15) is 14.4 Å². The second-order valence-corrected chi connectivity index (χ2v) is 11.4. The van der Waals surface area contributed by atoms with Gasteiger partial charge in [0.2, 0.25) is 0 Å². The molecule has 1 heterocycles. The summed E-state index contributed by atoms with van der Waals surface area (Å²) in [6, 6.07) is 27.4. The Kier molecular flexibility index (Phi) is 11.6. The first kappa shape index (κ1) is 31.5. The lowest BCUT2D eigenvalue weighted by atomic mass is 9.93. The van der Waals surface area contributed by atoms with Crippen molar-refractivity contribution in [3.05, 3.63) is 108 Å². The maximum absolute atomic E-state index is 13.3. The Labute approximate surface area is 259 Å². The fourth-order valence-corrected chi connectivity index (χ4v) is 6.05. The number of hydrogen-bond donors (Lipinski definition) is 0. The fraction of sp³-hybridized carbons (Fsp3) is 0.378. The highest BCUT2D eigenvalue weighted by atomic mass is 16.5. The van der Waals surface area contributed by atoms with Gasteiger partial charge in [0.25, 0.3) is 0 Å². The number of esters is 1. The number of carbonyl (C=O) groups is 3. The molecule has 1 aliphatic heterocycles. The standard InChI is InChI=1S/C37H41NO6/c39-33-25-35(43-26-28-17-19-30(20-18-28)29-11-5-3-6-12-29)32(37(33)38-21-23-42-24-22-38)15-9-1-2-10-16-36(41)44-27-34(40)31-13-7-4-8-14-31/h1-8,11-14,17-20,32,35,37H,9-10,15-16,21-27H2/t32-,35-,37+/m1/s1. The van der Waals surface area contributed by atoms with Crippen LogP contribution in [0, 0.1) is 5.92 Å². The Morgan fingerprint density at radius 1 is 0.841 bits per heavy atom. The second kappa shape index (κ2) is 16.2. The van der Waals surface area contributed by atoms with Crippen molar-refractivity contribution in [3.63, 3.8) is 0 Å². The lowest BCUT2D eigenvalue weighted by molar-refractivity contribution is -0.142. The lowest BCUT2D eigenvalue weighted by Crippen LogP contribution is -2.49. The summed E-state index contributed by atoms with van der Waals surface area (Å²) in [5, 5.41) is 0. The summed E-state index contributed by atoms with van der Waals surface area (Å²) in [7, 11) is 0. The highest BCUT2D eigenvalue weighted by Gasteiger charge is 2.45. The highest BCUT2D eigenvalue weighted by Crippen LogP contribution is 2.35. The molecule has 0 aromatic heterocycles. The first-order valence-corrected chi connectivity index (χ1v) is 15.6. The molecular formula is C37H41NO6. The van der Waals surface area contributed by atoms with Crippen LogP contribution in [0.25, 0.3) is 11.1 Å². The topological polar surface area (TPSA) is 82.1 Å². The van der Waals surface area contributed by atoms with Crippen LogP contribution in [0.5, 0.6) is 0 Å². The SMILES string of the molecule is O=C(CCC=CCC[C@H]1[C@H](N2CCOCC2)C(=O)C[C@H]1OCc1ccc(-c2ccccc2)cc1)OCC(=O)c1ccccc1. The van der Waals surface area contributed by atoms with E-state index in [0.717, 1.165) is 37.1 Å². The molecule has 230 valence electrons. The number of rotatable bonds is 14. The van der Waals surface area contributed by atoms with Crippen molar-refractivity contribution in [2.45, 2.75) is 50.9 Å². The Morgan fingerprint density at radius 2 is 1.50 bits per heavy atom. The maximum atomic E-state index is 13.3. The minimum Gasteiger partial charge on any atom is -0.457 e. The van der Waals surface area contributed by atoms with Gasteiger partial charge in [0.15, 0.2) is 18.2 Å². The fourth-order valence-electron chi connectivity index (χ4n) is 6.05. The van der Waals surface area contributed by atoms with E-state index in [1.54, 1.807) is 24.3 Å². The van der Waals surface area contributed by atoms with Gasteiger partial charge in [-0.3, -0.25) is 19.3 Å². The van der Waals surface area contributed by atoms with Crippen molar-refractivity contribution in [2.24, 2.45) is 5.92 Å². The van der Waals surface area contributed by atoms with Gasteiger partial charge in [0.1, 0.15) is 0 Å². The average Bonchev–Trinajstić information content (AvgIpc) is 3.39. The molecule has 3 atom stereocenters. The Morgan fingerprint density at radius 3 is 2.23 bits per heavy atom. The average molecular weight is 596 g/mol. The van der Waals surface area contributed by atoms with Crippen molar-refractivity contribution in [2.75, 3.05) is 32.9 Å². The van der Waals surface area contributed by atoms with Crippen LogP contribution in [-0.4, -0.2) is 67.5 Å². The molecule has 0 unspecified atom stereocenters. The summed E-state index contributed by atoms with van der Waals surface area (Å²) in [6.07, 6.45) is 6.68. The molecule has 0 radical (unpaired) electrons. The molecule has 3 aromatic rings. The van der Waals surface area contributed by atoms with E-state index in [4.69, 9.17) is 14.2 Å². The van der Waals surface area contributed by atoms with Crippen molar-refractivity contribution >= 4 is 17.5 Å². The van der Waals surface area contributed by atoms with Crippen LogP contribution in [0.4, 0.5) is 0 Å². The smallest absolute Gasteiger partial charge is 0.306 e. The van der Waals surface area contributed by atoms with Crippen LogP contribution in [0.1, 0.15) is 48.0 Å². The van der Waals surface area contributed by atoms with Gasteiger partial charge < -0.3 is 14.2 Å². The van der Waals surface area contributed by atoms with E-state index in [1.807, 2.05) is 30.3 Å². The van der Waals surface area contributed by atoms with Gasteiger partial charge in [-0.05, 0) is 36.0 Å². The summed E-state index contributed by atoms with van der Waals surface area (Å²) >= 11 is 0. The summed E-state index contributed by atoms with van der Waals surface area (Å²) in [6.45, 7) is 3.01. The molecule has 3 aromatic carbocycles. The van der Waals surface area contributed by atoms with Gasteiger partial charge in [-0.25, -0.2) is 0 Å². The molecule has 0 N–H and O–H groups in total. The van der Waals surface area contributed by atoms with Gasteiger partial charge in [-0.2, -0.15) is 0 Å². The number of Topliss-reactive ketones (excluding diaryl/α,β-unsaturated/α-hetero) is 2. The molecule has 5 rings (SSSR count). The van der Waals surface area contributed by atoms with E-state index < -0.39 is 5.97 Å².